The molecular weight excluding hydrogens is 315 g/mol. The normalized spacial score (nSPS) is 19.2. The molecule has 0 spiro atoms. The zero-order valence-electron chi connectivity index (χ0n) is 10.7. The molecule has 1 saturated heterocycles. The van der Waals surface area contributed by atoms with Crippen LogP contribution < -0.4 is 5.32 Å². The maximum Gasteiger partial charge on any atom is 0.253 e. The summed E-state index contributed by atoms with van der Waals surface area (Å²) in [5, 5.41) is 3.10. The van der Waals surface area contributed by atoms with Crippen LogP contribution in [0.4, 0.5) is 4.39 Å². The van der Waals surface area contributed by atoms with Crippen molar-refractivity contribution in [3.05, 3.63) is 34.1 Å². The Morgan fingerprint density at radius 1 is 1.63 bits per heavy atom. The molecule has 1 aliphatic rings. The van der Waals surface area contributed by atoms with Crippen molar-refractivity contribution in [1.82, 2.24) is 10.2 Å². The summed E-state index contributed by atoms with van der Waals surface area (Å²) >= 11 is 3.30. The minimum atomic E-state index is -0.478. The van der Waals surface area contributed by atoms with Gasteiger partial charge in [0, 0.05) is 36.7 Å². The van der Waals surface area contributed by atoms with Gasteiger partial charge in [-0.05, 0) is 18.2 Å². The molecule has 6 heteroatoms. The van der Waals surface area contributed by atoms with Gasteiger partial charge < -0.3 is 15.0 Å². The number of nitrogens with one attached hydrogen (secondary N) is 1. The minimum Gasteiger partial charge on any atom is -0.366 e. The number of rotatable bonds is 3. The second-order valence-electron chi connectivity index (χ2n) is 4.49. The smallest absolute Gasteiger partial charge is 0.253 e. The van der Waals surface area contributed by atoms with Gasteiger partial charge in [0.15, 0.2) is 0 Å². The highest BCUT2D eigenvalue weighted by atomic mass is 79.9. The van der Waals surface area contributed by atoms with E-state index in [1.54, 1.807) is 19.2 Å². The molecule has 1 aliphatic heterocycles. The Bertz CT molecular complexity index is 464. The third-order valence-corrected chi connectivity index (χ3v) is 3.49. The Morgan fingerprint density at radius 3 is 3.11 bits per heavy atom. The number of hydrogen-bond donors (Lipinski definition) is 1. The van der Waals surface area contributed by atoms with Crippen LogP contribution in [0.2, 0.25) is 0 Å². The lowest BCUT2D eigenvalue weighted by molar-refractivity contribution is -0.144. The van der Waals surface area contributed by atoms with Crippen LogP contribution in [0.1, 0.15) is 5.56 Å². The first-order valence-corrected chi connectivity index (χ1v) is 6.88. The first-order valence-electron chi connectivity index (χ1n) is 6.09. The Hall–Kier alpha value is -0.980. The third-order valence-electron chi connectivity index (χ3n) is 2.99. The van der Waals surface area contributed by atoms with Crippen LogP contribution in [0.3, 0.4) is 0 Å². The van der Waals surface area contributed by atoms with Crippen LogP contribution in [0.15, 0.2) is 22.7 Å². The average molecular weight is 331 g/mol. The lowest BCUT2D eigenvalue weighted by Crippen LogP contribution is -2.48. The van der Waals surface area contributed by atoms with E-state index in [1.807, 2.05) is 0 Å². The van der Waals surface area contributed by atoms with Crippen molar-refractivity contribution in [3.63, 3.8) is 0 Å². The van der Waals surface area contributed by atoms with Gasteiger partial charge in [0.25, 0.3) is 5.91 Å². The maximum atomic E-state index is 13.6. The summed E-state index contributed by atoms with van der Waals surface area (Å²) in [6, 6.07) is 4.70. The first-order chi connectivity index (χ1) is 9.08. The maximum absolute atomic E-state index is 13.6. The van der Waals surface area contributed by atoms with Crippen LogP contribution in [0.25, 0.3) is 0 Å². The highest BCUT2D eigenvalue weighted by molar-refractivity contribution is 9.10. The SMILES string of the molecule is CN(Cc1cc(Br)ccc1F)C(=O)[C@@H]1CNCCO1. The lowest BCUT2D eigenvalue weighted by atomic mass is 10.2. The van der Waals surface area contributed by atoms with E-state index in [2.05, 4.69) is 21.2 Å². The Balaban J connectivity index is 2.01. The van der Waals surface area contributed by atoms with E-state index in [0.29, 0.717) is 18.7 Å². The first kappa shape index (κ1) is 14.4. The number of halogens is 2. The molecular formula is C13H16BrFN2O2. The Kier molecular flexibility index (Phi) is 4.90. The van der Waals surface area contributed by atoms with Crippen LogP contribution in [-0.4, -0.2) is 43.7 Å². The lowest BCUT2D eigenvalue weighted by Gasteiger charge is -2.27. The molecule has 0 radical (unpaired) electrons. The molecule has 1 atom stereocenters. The molecule has 2 rings (SSSR count). The molecule has 1 fully saturated rings. The van der Waals surface area contributed by atoms with E-state index in [4.69, 9.17) is 4.74 Å². The fraction of sp³-hybridized carbons (Fsp3) is 0.462. The molecule has 1 N–H and O–H groups in total. The van der Waals surface area contributed by atoms with Crippen molar-refractivity contribution < 1.29 is 13.9 Å². The number of morpholine rings is 1. The third kappa shape index (κ3) is 3.75. The van der Waals surface area contributed by atoms with Crippen LogP contribution in [0, 0.1) is 5.82 Å². The second kappa shape index (κ2) is 6.45. The minimum absolute atomic E-state index is 0.133. The van der Waals surface area contributed by atoms with Crippen molar-refractivity contribution in [2.45, 2.75) is 12.6 Å². The highest BCUT2D eigenvalue weighted by Gasteiger charge is 2.25. The monoisotopic (exact) mass is 330 g/mol. The predicted molar refractivity (Wildman–Crippen MR) is 73.2 cm³/mol. The quantitative estimate of drug-likeness (QED) is 0.914. The van der Waals surface area contributed by atoms with Gasteiger partial charge in [-0.15, -0.1) is 0 Å². The van der Waals surface area contributed by atoms with Crippen molar-refractivity contribution in [2.24, 2.45) is 0 Å². The molecule has 0 unspecified atom stereocenters. The van der Waals surface area contributed by atoms with Gasteiger partial charge >= 0.3 is 0 Å². The summed E-state index contributed by atoms with van der Waals surface area (Å²) in [6.45, 7) is 2.01. The van der Waals surface area contributed by atoms with E-state index >= 15 is 0 Å². The standard InChI is InChI=1S/C13H16BrFN2O2/c1-17(13(18)12-7-16-4-5-19-12)8-9-6-10(14)2-3-11(9)15/h2-3,6,12,16H,4-5,7-8H2,1H3/t12-/m0/s1. The topological polar surface area (TPSA) is 41.6 Å². The highest BCUT2D eigenvalue weighted by Crippen LogP contribution is 2.17. The molecule has 4 nitrogen and oxygen atoms in total. The largest absolute Gasteiger partial charge is 0.366 e. The van der Waals surface area contributed by atoms with Gasteiger partial charge in [-0.3, -0.25) is 4.79 Å². The van der Waals surface area contributed by atoms with Crippen LogP contribution >= 0.6 is 15.9 Å². The summed E-state index contributed by atoms with van der Waals surface area (Å²) in [6.07, 6.45) is -0.478. The van der Waals surface area contributed by atoms with Gasteiger partial charge in [-0.1, -0.05) is 15.9 Å². The molecule has 1 amide bonds. The number of benzene rings is 1. The van der Waals surface area contributed by atoms with Gasteiger partial charge in [0.2, 0.25) is 0 Å². The number of likely N-dealkylation sites (N-methyl/N-ethyl adjacent to an activating group) is 1. The predicted octanol–water partition coefficient (Wildman–Crippen LogP) is 1.53. The van der Waals surface area contributed by atoms with E-state index < -0.39 is 6.10 Å². The summed E-state index contributed by atoms with van der Waals surface area (Å²) in [4.78, 5) is 13.6. The van der Waals surface area contributed by atoms with Crippen molar-refractivity contribution in [1.29, 1.82) is 0 Å². The molecule has 0 aromatic heterocycles. The summed E-state index contributed by atoms with van der Waals surface area (Å²) < 4.78 is 19.8. The van der Waals surface area contributed by atoms with E-state index in [9.17, 15) is 9.18 Å². The fourth-order valence-corrected chi connectivity index (χ4v) is 2.38. The summed E-state index contributed by atoms with van der Waals surface area (Å²) in [7, 11) is 1.65. The fourth-order valence-electron chi connectivity index (χ4n) is 1.97. The Labute approximate surface area is 120 Å². The molecule has 0 bridgehead atoms. The zero-order chi connectivity index (χ0) is 13.8. The molecule has 19 heavy (non-hydrogen) atoms. The van der Waals surface area contributed by atoms with E-state index in [1.165, 1.54) is 11.0 Å². The molecule has 104 valence electrons. The summed E-state index contributed by atoms with van der Waals surface area (Å²) in [5.74, 6) is -0.447. The number of carbonyl (C=O) groups is 1. The van der Waals surface area contributed by atoms with Gasteiger partial charge in [0.05, 0.1) is 6.61 Å². The van der Waals surface area contributed by atoms with E-state index in [0.717, 1.165) is 11.0 Å². The van der Waals surface area contributed by atoms with E-state index in [-0.39, 0.29) is 18.3 Å². The Morgan fingerprint density at radius 2 is 2.42 bits per heavy atom. The number of hydrogen-bond acceptors (Lipinski definition) is 3. The summed E-state index contributed by atoms with van der Waals surface area (Å²) in [5.41, 5.74) is 0.481. The van der Waals surface area contributed by atoms with Crippen molar-refractivity contribution in [3.8, 4) is 0 Å². The zero-order valence-corrected chi connectivity index (χ0v) is 12.2. The van der Waals surface area contributed by atoms with Crippen LogP contribution in [0.5, 0.6) is 0 Å². The van der Waals surface area contributed by atoms with Crippen LogP contribution in [-0.2, 0) is 16.1 Å². The van der Waals surface area contributed by atoms with Crippen molar-refractivity contribution >= 4 is 21.8 Å². The van der Waals surface area contributed by atoms with Gasteiger partial charge in [-0.2, -0.15) is 0 Å². The molecule has 0 saturated carbocycles. The molecule has 0 aliphatic carbocycles. The number of carbonyl (C=O) groups excluding carboxylic acids is 1. The second-order valence-corrected chi connectivity index (χ2v) is 5.41. The molecule has 1 aromatic carbocycles. The number of nitrogens with zero attached hydrogens (tertiary/aromatic N) is 1. The molecule has 1 aromatic rings. The average Bonchev–Trinajstić information content (AvgIpc) is 2.43. The van der Waals surface area contributed by atoms with Gasteiger partial charge in [0.1, 0.15) is 11.9 Å². The van der Waals surface area contributed by atoms with Gasteiger partial charge in [-0.25, -0.2) is 4.39 Å². The number of amides is 1. The molecule has 1 heterocycles. The van der Waals surface area contributed by atoms with Crippen molar-refractivity contribution in [2.75, 3.05) is 26.7 Å². The number of ether oxygens (including phenoxy) is 1.